The number of hydrogen-bond donors (Lipinski definition) is 2. The second-order valence-corrected chi connectivity index (χ2v) is 4.33. The van der Waals surface area contributed by atoms with Crippen molar-refractivity contribution in [3.8, 4) is 11.5 Å². The smallest absolute Gasteiger partial charge is 0.293 e. The molecule has 0 fully saturated rings. The summed E-state index contributed by atoms with van der Waals surface area (Å²) in [6.07, 6.45) is 0.942. The molecule has 0 saturated carbocycles. The van der Waals surface area contributed by atoms with Gasteiger partial charge in [-0.3, -0.25) is 0 Å². The lowest BCUT2D eigenvalue weighted by Gasteiger charge is -2.14. The van der Waals surface area contributed by atoms with Crippen LogP contribution < -0.4 is 0 Å². The van der Waals surface area contributed by atoms with Crippen molar-refractivity contribution >= 4 is 11.1 Å². The van der Waals surface area contributed by atoms with Gasteiger partial charge in [-0.15, -0.1) is 0 Å². The van der Waals surface area contributed by atoms with Crippen LogP contribution in [0, 0.1) is 0 Å². The zero-order valence-corrected chi connectivity index (χ0v) is 11.5. The fourth-order valence-electron chi connectivity index (χ4n) is 2.16. The van der Waals surface area contributed by atoms with Gasteiger partial charge in [0.1, 0.15) is 11.5 Å². The Labute approximate surface area is 128 Å². The lowest BCUT2D eigenvalue weighted by molar-refractivity contribution is 0.474. The third-order valence-electron chi connectivity index (χ3n) is 3.10. The first-order chi connectivity index (χ1) is 12.3. The molecule has 0 atom stereocenters. The van der Waals surface area contributed by atoms with E-state index in [-0.39, 0.29) is 29.4 Å². The van der Waals surface area contributed by atoms with Crippen LogP contribution in [-0.4, -0.2) is 11.6 Å². The van der Waals surface area contributed by atoms with Crippen LogP contribution in [0.3, 0.4) is 0 Å². The van der Waals surface area contributed by atoms with E-state index in [0.29, 0.717) is 24.0 Å². The Balaban J connectivity index is 2.87. The van der Waals surface area contributed by atoms with Gasteiger partial charge in [0.05, 0.1) is 6.85 Å². The maximum absolute atomic E-state index is 9.55. The number of aromatic hydroxyl groups is 2. The van der Waals surface area contributed by atoms with E-state index in [9.17, 15) is 5.11 Å². The van der Waals surface area contributed by atoms with Crippen molar-refractivity contribution in [2.24, 2.45) is 0 Å². The van der Waals surface area contributed by atoms with Crippen LogP contribution in [0.15, 0.2) is 48.4 Å². The van der Waals surface area contributed by atoms with Crippen LogP contribution >= 0.6 is 0 Å². The lowest BCUT2D eigenvalue weighted by atomic mass is 9.91. The highest BCUT2D eigenvalue weighted by molar-refractivity contribution is 5.90. The molecule has 0 heterocycles. The molecule has 2 aromatic carbocycles. The van der Waals surface area contributed by atoms with Gasteiger partial charge in [-0.2, -0.15) is 0 Å². The molecule has 20 heavy (non-hydrogen) atoms. The average molecular weight is 274 g/mol. The second kappa shape index (κ2) is 6.29. The van der Waals surface area contributed by atoms with E-state index in [4.69, 9.17) is 8.28 Å². The lowest BCUT2D eigenvalue weighted by Crippen LogP contribution is -1.91. The molecule has 0 aliphatic carbocycles. The third-order valence-corrected chi connectivity index (χ3v) is 3.10. The molecule has 104 valence electrons. The summed E-state index contributed by atoms with van der Waals surface area (Å²) in [5, 5.41) is 13.8. The van der Waals surface area contributed by atoms with Crippen molar-refractivity contribution < 1.29 is 17.1 Å². The number of hydrogen-bond acceptors (Lipinski definition) is 2. The number of benzene rings is 2. The zero-order chi connectivity index (χ0) is 19.6. The van der Waals surface area contributed by atoms with Gasteiger partial charge >= 0.3 is 0 Å². The SMILES string of the molecule is [2H]Oc1c([2H])c([2H])c(C(CC)=C(CC)c2ccc(O)cc2[2H])c([2H])c1[2H]. The molecule has 0 aliphatic rings. The van der Waals surface area contributed by atoms with Crippen molar-refractivity contribution in [3.63, 3.8) is 0 Å². The second-order valence-electron chi connectivity index (χ2n) is 4.33. The first-order valence-electron chi connectivity index (χ1n) is 9.45. The van der Waals surface area contributed by atoms with E-state index in [1.165, 1.54) is 12.1 Å². The molecule has 0 spiro atoms. The maximum atomic E-state index is 9.55. The van der Waals surface area contributed by atoms with Gasteiger partial charge < -0.3 is 10.2 Å². The summed E-state index contributed by atoms with van der Waals surface area (Å²) < 4.78 is 47.6. The Kier molecular flexibility index (Phi) is 2.56. The van der Waals surface area contributed by atoms with Gasteiger partial charge in [0, 0.05) is 0 Å². The molecular weight excluding hydrogens is 248 g/mol. The molecule has 0 radical (unpaired) electrons. The van der Waals surface area contributed by atoms with E-state index >= 15 is 0 Å². The Morgan fingerprint density at radius 2 is 1.55 bits per heavy atom. The van der Waals surface area contributed by atoms with Gasteiger partial charge in [0.15, 0.2) is 0 Å². The van der Waals surface area contributed by atoms with Crippen molar-refractivity contribution in [3.05, 3.63) is 59.5 Å². The molecule has 2 aromatic rings. The van der Waals surface area contributed by atoms with Gasteiger partial charge in [0.25, 0.3) is 1.43 Å². The molecule has 2 N–H and O–H groups in total. The van der Waals surface area contributed by atoms with Crippen molar-refractivity contribution in [1.29, 1.82) is 1.43 Å². The minimum atomic E-state index is -0.414. The van der Waals surface area contributed by atoms with E-state index in [0.717, 1.165) is 5.57 Å². The molecule has 0 bridgehead atoms. The van der Waals surface area contributed by atoms with Crippen molar-refractivity contribution in [1.82, 2.24) is 0 Å². The Morgan fingerprint density at radius 3 is 2.10 bits per heavy atom. The Hall–Kier alpha value is -2.22. The van der Waals surface area contributed by atoms with Crippen LogP contribution in [0.2, 0.25) is 0 Å². The van der Waals surface area contributed by atoms with Crippen LogP contribution in [0.5, 0.6) is 11.5 Å². The number of phenols is 2. The summed E-state index contributed by atoms with van der Waals surface area (Å²) in [6, 6.07) is 3.16. The van der Waals surface area contributed by atoms with E-state index < -0.39 is 17.8 Å². The predicted octanol–water partition coefficient (Wildman–Crippen LogP) is 4.83. The standard InChI is InChI=1S/C18H20O2/c1-3-17(13-5-9-15(19)10-6-13)18(4-2)14-7-11-16(20)12-8-14/h5-12,19-20H,3-4H2,1-2H3/i5D,6D,7D,9D,10D/hD. The maximum Gasteiger partial charge on any atom is 0.293 e. The zero-order valence-electron chi connectivity index (χ0n) is 17.5. The summed E-state index contributed by atoms with van der Waals surface area (Å²) in [4.78, 5) is 0. The summed E-state index contributed by atoms with van der Waals surface area (Å²) in [7, 11) is 0. The van der Waals surface area contributed by atoms with Gasteiger partial charge in [-0.25, -0.2) is 0 Å². The minimum Gasteiger partial charge on any atom is -0.508 e. The first kappa shape index (κ1) is 8.15. The van der Waals surface area contributed by atoms with Crippen molar-refractivity contribution in [2.45, 2.75) is 26.7 Å². The van der Waals surface area contributed by atoms with Crippen LogP contribution in [-0.2, 0) is 0 Å². The molecule has 0 aromatic heterocycles. The Bertz CT molecular complexity index is 847. The largest absolute Gasteiger partial charge is 0.508 e. The van der Waals surface area contributed by atoms with Crippen LogP contribution in [0.1, 0.15) is 44.7 Å². The topological polar surface area (TPSA) is 40.5 Å². The van der Waals surface area contributed by atoms with E-state index in [1.807, 2.05) is 13.8 Å². The highest BCUT2D eigenvalue weighted by Gasteiger charge is 2.09. The fraction of sp³-hybridized carbons (Fsp3) is 0.222. The molecule has 2 nitrogen and oxygen atoms in total. The van der Waals surface area contributed by atoms with Crippen LogP contribution in [0.4, 0.5) is 0 Å². The van der Waals surface area contributed by atoms with Gasteiger partial charge in [0.2, 0.25) is 0 Å². The molecule has 0 aliphatic heterocycles. The quantitative estimate of drug-likeness (QED) is 0.767. The van der Waals surface area contributed by atoms with Gasteiger partial charge in [-0.1, -0.05) is 38.0 Å². The van der Waals surface area contributed by atoms with Gasteiger partial charge in [-0.05, 0) is 59.3 Å². The van der Waals surface area contributed by atoms with E-state index in [1.54, 1.807) is 6.07 Å². The Morgan fingerprint density at radius 1 is 0.900 bits per heavy atom. The average Bonchev–Trinajstić information content (AvgIpc) is 2.61. The molecule has 2 heteroatoms. The molecule has 0 saturated heterocycles. The highest BCUT2D eigenvalue weighted by atomic mass is 16.3. The van der Waals surface area contributed by atoms with E-state index in [2.05, 4.69) is 5.11 Å². The monoisotopic (exact) mass is 274 g/mol. The summed E-state index contributed by atoms with van der Waals surface area (Å²) in [6.45, 7) is 3.73. The number of rotatable bonds is 5. The summed E-state index contributed by atoms with van der Waals surface area (Å²) in [5.74, 6) is -0.434. The van der Waals surface area contributed by atoms with Crippen LogP contribution in [0.25, 0.3) is 11.1 Å². The number of allylic oxidation sites excluding steroid dienone is 2. The fourth-order valence-corrected chi connectivity index (χ4v) is 2.16. The predicted molar refractivity (Wildman–Crippen MR) is 83.6 cm³/mol. The van der Waals surface area contributed by atoms with Crippen molar-refractivity contribution in [2.75, 3.05) is 0 Å². The highest BCUT2D eigenvalue weighted by Crippen LogP contribution is 2.32. The first-order valence-corrected chi connectivity index (χ1v) is 6.54. The molecule has 0 amide bonds. The normalized spacial score (nSPS) is 16.1. The minimum absolute atomic E-state index is 0.0200. The number of phenolic OH excluding ortho intramolecular Hbond substituents is 2. The summed E-state index contributed by atoms with van der Waals surface area (Å²) in [5.41, 5.74) is 2.03. The molecule has 0 unspecified atom stereocenters. The third kappa shape index (κ3) is 3.02. The molecular formula is C18H20O2. The molecule has 2 rings (SSSR count). The summed E-state index contributed by atoms with van der Waals surface area (Å²) >= 11 is 0.